The topological polar surface area (TPSA) is 41.1 Å². The lowest BCUT2D eigenvalue weighted by atomic mass is 10.1. The molecule has 0 heterocycles. The van der Waals surface area contributed by atoms with E-state index in [2.05, 4.69) is 34.9 Å². The smallest absolute Gasteiger partial charge is 0.234 e. The molecule has 1 fully saturated rings. The molecule has 0 aliphatic heterocycles. The first-order valence-electron chi connectivity index (χ1n) is 8.38. The summed E-state index contributed by atoms with van der Waals surface area (Å²) in [6.45, 7) is 1.35. The van der Waals surface area contributed by atoms with Crippen molar-refractivity contribution in [2.24, 2.45) is 0 Å². The first-order chi connectivity index (χ1) is 10.3. The molecule has 2 rings (SSSR count). The molecular weight excluding hydrogens is 260 g/mol. The fraction of sp³-hybridized carbons (Fsp3) is 0.611. The molecule has 1 amide bonds. The van der Waals surface area contributed by atoms with E-state index in [0.717, 1.165) is 32.2 Å². The van der Waals surface area contributed by atoms with E-state index in [1.165, 1.54) is 31.2 Å². The molecule has 1 aliphatic carbocycles. The molecule has 3 heteroatoms. The van der Waals surface area contributed by atoms with Gasteiger partial charge in [0.05, 0.1) is 6.54 Å². The number of hydrogen-bond acceptors (Lipinski definition) is 2. The minimum Gasteiger partial charge on any atom is -0.352 e. The number of rotatable bonds is 7. The lowest BCUT2D eigenvalue weighted by Gasteiger charge is -2.16. The van der Waals surface area contributed by atoms with Gasteiger partial charge in [0.15, 0.2) is 0 Å². The highest BCUT2D eigenvalue weighted by molar-refractivity contribution is 5.78. The molecule has 0 aromatic heterocycles. The van der Waals surface area contributed by atoms with Crippen molar-refractivity contribution in [2.75, 3.05) is 13.1 Å². The van der Waals surface area contributed by atoms with Crippen LogP contribution in [0.15, 0.2) is 30.3 Å². The van der Waals surface area contributed by atoms with E-state index in [1.54, 1.807) is 0 Å². The average Bonchev–Trinajstić information content (AvgIpc) is 2.76. The standard InChI is InChI=1S/C18H28N2O/c21-18(20-17-12-6-1-2-7-13-17)15-19-14-8-11-16-9-4-3-5-10-16/h3-5,9-10,17,19H,1-2,6-8,11-15H2,(H,20,21). The second-order valence-electron chi connectivity index (χ2n) is 6.02. The summed E-state index contributed by atoms with van der Waals surface area (Å²) in [5.74, 6) is 0.154. The van der Waals surface area contributed by atoms with Crippen molar-refractivity contribution in [3.63, 3.8) is 0 Å². The van der Waals surface area contributed by atoms with Crippen molar-refractivity contribution in [1.82, 2.24) is 10.6 Å². The van der Waals surface area contributed by atoms with Gasteiger partial charge in [0.1, 0.15) is 0 Å². The summed E-state index contributed by atoms with van der Waals surface area (Å²) in [5, 5.41) is 6.41. The first-order valence-corrected chi connectivity index (χ1v) is 8.38. The normalized spacial score (nSPS) is 16.4. The number of aryl methyl sites for hydroxylation is 1. The molecule has 2 N–H and O–H groups in total. The van der Waals surface area contributed by atoms with Crippen LogP contribution in [0.1, 0.15) is 50.5 Å². The Morgan fingerprint density at radius 1 is 1.05 bits per heavy atom. The van der Waals surface area contributed by atoms with E-state index in [-0.39, 0.29) is 5.91 Å². The molecule has 0 bridgehead atoms. The molecule has 1 saturated carbocycles. The van der Waals surface area contributed by atoms with E-state index in [4.69, 9.17) is 0 Å². The van der Waals surface area contributed by atoms with Gasteiger partial charge < -0.3 is 10.6 Å². The third kappa shape index (κ3) is 6.76. The maximum absolute atomic E-state index is 11.9. The summed E-state index contributed by atoms with van der Waals surface area (Å²) in [7, 11) is 0. The lowest BCUT2D eigenvalue weighted by Crippen LogP contribution is -2.40. The van der Waals surface area contributed by atoms with E-state index >= 15 is 0 Å². The fourth-order valence-corrected chi connectivity index (χ4v) is 2.97. The Morgan fingerprint density at radius 3 is 2.48 bits per heavy atom. The van der Waals surface area contributed by atoms with Crippen LogP contribution >= 0.6 is 0 Å². The Labute approximate surface area is 128 Å². The summed E-state index contributed by atoms with van der Waals surface area (Å²) in [6, 6.07) is 10.9. The Morgan fingerprint density at radius 2 is 1.76 bits per heavy atom. The predicted octanol–water partition coefficient (Wildman–Crippen LogP) is 3.05. The van der Waals surface area contributed by atoms with Crippen LogP contribution in [0, 0.1) is 0 Å². The van der Waals surface area contributed by atoms with Gasteiger partial charge in [-0.1, -0.05) is 56.0 Å². The van der Waals surface area contributed by atoms with Gasteiger partial charge in [-0.15, -0.1) is 0 Å². The van der Waals surface area contributed by atoms with Crippen LogP contribution in [-0.2, 0) is 11.2 Å². The zero-order chi connectivity index (χ0) is 14.8. The highest BCUT2D eigenvalue weighted by atomic mass is 16.1. The van der Waals surface area contributed by atoms with Crippen LogP contribution in [0.3, 0.4) is 0 Å². The number of carbonyl (C=O) groups excluding carboxylic acids is 1. The molecule has 0 saturated heterocycles. The Kier molecular flexibility index (Phi) is 7.30. The molecule has 0 unspecified atom stereocenters. The summed E-state index contributed by atoms with van der Waals surface area (Å²) in [4.78, 5) is 11.9. The highest BCUT2D eigenvalue weighted by Crippen LogP contribution is 2.16. The van der Waals surface area contributed by atoms with Crippen LogP contribution in [0.4, 0.5) is 0 Å². The largest absolute Gasteiger partial charge is 0.352 e. The lowest BCUT2D eigenvalue weighted by molar-refractivity contribution is -0.121. The van der Waals surface area contributed by atoms with Gasteiger partial charge in [-0.2, -0.15) is 0 Å². The fourth-order valence-electron chi connectivity index (χ4n) is 2.97. The van der Waals surface area contributed by atoms with Crippen LogP contribution in [0.2, 0.25) is 0 Å². The number of nitrogens with one attached hydrogen (secondary N) is 2. The summed E-state index contributed by atoms with van der Waals surface area (Å²) in [5.41, 5.74) is 1.36. The predicted molar refractivity (Wildman–Crippen MR) is 87.3 cm³/mol. The number of benzene rings is 1. The van der Waals surface area contributed by atoms with Gasteiger partial charge in [-0.25, -0.2) is 0 Å². The molecular formula is C18H28N2O. The quantitative estimate of drug-likeness (QED) is 0.598. The molecule has 1 aromatic rings. The van der Waals surface area contributed by atoms with Gasteiger partial charge in [0.25, 0.3) is 0 Å². The Hall–Kier alpha value is -1.35. The van der Waals surface area contributed by atoms with Crippen molar-refractivity contribution >= 4 is 5.91 Å². The molecule has 1 aliphatic rings. The van der Waals surface area contributed by atoms with Gasteiger partial charge in [0, 0.05) is 6.04 Å². The van der Waals surface area contributed by atoms with Crippen molar-refractivity contribution in [2.45, 2.75) is 57.4 Å². The molecule has 21 heavy (non-hydrogen) atoms. The van der Waals surface area contributed by atoms with Crippen LogP contribution in [0.25, 0.3) is 0 Å². The summed E-state index contributed by atoms with van der Waals surface area (Å²) >= 11 is 0. The van der Waals surface area contributed by atoms with E-state index in [1.807, 2.05) is 6.07 Å². The van der Waals surface area contributed by atoms with Crippen molar-refractivity contribution in [3.8, 4) is 0 Å². The monoisotopic (exact) mass is 288 g/mol. The molecule has 116 valence electrons. The molecule has 0 atom stereocenters. The highest BCUT2D eigenvalue weighted by Gasteiger charge is 2.13. The van der Waals surface area contributed by atoms with Gasteiger partial charge in [-0.05, 0) is 37.8 Å². The first kappa shape index (κ1) is 16.0. The van der Waals surface area contributed by atoms with Crippen LogP contribution in [-0.4, -0.2) is 25.0 Å². The van der Waals surface area contributed by atoms with E-state index in [9.17, 15) is 4.79 Å². The molecule has 1 aromatic carbocycles. The van der Waals surface area contributed by atoms with E-state index < -0.39 is 0 Å². The molecule has 3 nitrogen and oxygen atoms in total. The third-order valence-corrected chi connectivity index (χ3v) is 4.17. The molecule has 0 spiro atoms. The van der Waals surface area contributed by atoms with Crippen LogP contribution in [0.5, 0.6) is 0 Å². The van der Waals surface area contributed by atoms with Gasteiger partial charge >= 0.3 is 0 Å². The number of hydrogen-bond donors (Lipinski definition) is 2. The minimum absolute atomic E-state index is 0.154. The minimum atomic E-state index is 0.154. The average molecular weight is 288 g/mol. The Balaban J connectivity index is 1.52. The number of amides is 1. The second kappa shape index (κ2) is 9.56. The van der Waals surface area contributed by atoms with Crippen molar-refractivity contribution < 1.29 is 4.79 Å². The van der Waals surface area contributed by atoms with Crippen molar-refractivity contribution in [3.05, 3.63) is 35.9 Å². The summed E-state index contributed by atoms with van der Waals surface area (Å²) in [6.07, 6.45) is 9.61. The van der Waals surface area contributed by atoms with E-state index in [0.29, 0.717) is 12.6 Å². The van der Waals surface area contributed by atoms with Gasteiger partial charge in [0.2, 0.25) is 5.91 Å². The second-order valence-corrected chi connectivity index (χ2v) is 6.02. The zero-order valence-electron chi connectivity index (χ0n) is 12.9. The maximum Gasteiger partial charge on any atom is 0.234 e. The van der Waals surface area contributed by atoms with Gasteiger partial charge in [-0.3, -0.25) is 4.79 Å². The maximum atomic E-state index is 11.9. The summed E-state index contributed by atoms with van der Waals surface area (Å²) < 4.78 is 0. The molecule has 0 radical (unpaired) electrons. The number of carbonyl (C=O) groups is 1. The van der Waals surface area contributed by atoms with Crippen molar-refractivity contribution in [1.29, 1.82) is 0 Å². The van der Waals surface area contributed by atoms with Crippen LogP contribution < -0.4 is 10.6 Å². The zero-order valence-corrected chi connectivity index (χ0v) is 12.9. The Bertz CT molecular complexity index is 397. The third-order valence-electron chi connectivity index (χ3n) is 4.17. The SMILES string of the molecule is O=C(CNCCCc1ccccc1)NC1CCCCCC1.